The molecule has 1 heterocycles. The lowest BCUT2D eigenvalue weighted by Gasteiger charge is -2.13. The van der Waals surface area contributed by atoms with Crippen molar-refractivity contribution < 1.29 is 24.0 Å². The first-order valence-electron chi connectivity index (χ1n) is 8.66. The second kappa shape index (κ2) is 8.78. The predicted octanol–water partition coefficient (Wildman–Crippen LogP) is 4.03. The van der Waals surface area contributed by atoms with Gasteiger partial charge in [-0.1, -0.05) is 18.2 Å². The molecule has 0 aliphatic carbocycles. The van der Waals surface area contributed by atoms with Crippen LogP contribution in [-0.4, -0.2) is 41.2 Å². The number of hydrogen-bond donors (Lipinski definition) is 0. The Kier molecular flexibility index (Phi) is 6.18. The third-order valence-corrected chi connectivity index (χ3v) is 5.05. The zero-order chi connectivity index (χ0) is 21.0. The minimum absolute atomic E-state index is 0.110. The standard InChI is InChI=1S/C20H18N2O6S/c1-13-4-3-5-15(10-13)28-9-8-21-19(23)18(29-20(21)24)12-14-6-7-17(27-2)16(11-14)22(25)26/h3-7,10-12H,8-9H2,1-2H3/b18-12-. The summed E-state index contributed by atoms with van der Waals surface area (Å²) >= 11 is 0.791. The highest BCUT2D eigenvalue weighted by Crippen LogP contribution is 2.34. The monoisotopic (exact) mass is 414 g/mol. The van der Waals surface area contributed by atoms with Crippen LogP contribution in [0, 0.1) is 17.0 Å². The van der Waals surface area contributed by atoms with Gasteiger partial charge in [-0.25, -0.2) is 0 Å². The summed E-state index contributed by atoms with van der Waals surface area (Å²) in [4.78, 5) is 36.6. The van der Waals surface area contributed by atoms with E-state index in [1.807, 2.05) is 25.1 Å². The molecule has 0 spiro atoms. The van der Waals surface area contributed by atoms with Gasteiger partial charge in [-0.05, 0) is 54.1 Å². The summed E-state index contributed by atoms with van der Waals surface area (Å²) in [6.45, 7) is 2.22. The number of carbonyl (C=O) groups is 2. The molecule has 0 saturated carbocycles. The van der Waals surface area contributed by atoms with Gasteiger partial charge in [-0.15, -0.1) is 0 Å². The van der Waals surface area contributed by atoms with Gasteiger partial charge in [0.15, 0.2) is 5.75 Å². The normalized spacial score (nSPS) is 15.1. The predicted molar refractivity (Wildman–Crippen MR) is 109 cm³/mol. The summed E-state index contributed by atoms with van der Waals surface area (Å²) in [5.41, 5.74) is 1.26. The molecule has 1 fully saturated rings. The molecule has 1 aliphatic rings. The van der Waals surface area contributed by atoms with E-state index in [9.17, 15) is 19.7 Å². The maximum atomic E-state index is 12.6. The zero-order valence-corrected chi connectivity index (χ0v) is 16.6. The molecule has 150 valence electrons. The van der Waals surface area contributed by atoms with Crippen LogP contribution >= 0.6 is 11.8 Å². The first-order valence-corrected chi connectivity index (χ1v) is 9.48. The average Bonchev–Trinajstić information content (AvgIpc) is 2.95. The Morgan fingerprint density at radius 3 is 2.69 bits per heavy atom. The fourth-order valence-electron chi connectivity index (χ4n) is 2.74. The highest BCUT2D eigenvalue weighted by molar-refractivity contribution is 8.18. The van der Waals surface area contributed by atoms with Crippen LogP contribution in [0.25, 0.3) is 6.08 Å². The van der Waals surface area contributed by atoms with Crippen molar-refractivity contribution in [1.82, 2.24) is 4.90 Å². The molecule has 0 N–H and O–H groups in total. The van der Waals surface area contributed by atoms with Crippen molar-refractivity contribution in [2.45, 2.75) is 6.92 Å². The van der Waals surface area contributed by atoms with Crippen molar-refractivity contribution in [1.29, 1.82) is 0 Å². The Morgan fingerprint density at radius 2 is 2.00 bits per heavy atom. The molecular formula is C20H18N2O6S. The summed E-state index contributed by atoms with van der Waals surface area (Å²) < 4.78 is 10.6. The number of ether oxygens (including phenoxy) is 2. The largest absolute Gasteiger partial charge is 0.492 e. The Hall–Kier alpha value is -3.33. The molecule has 3 rings (SSSR count). The Bertz CT molecular complexity index is 1000. The second-order valence-corrected chi connectivity index (χ2v) is 7.18. The smallest absolute Gasteiger partial charge is 0.311 e. The van der Waals surface area contributed by atoms with Crippen molar-refractivity contribution in [3.8, 4) is 11.5 Å². The minimum Gasteiger partial charge on any atom is -0.492 e. The van der Waals surface area contributed by atoms with E-state index in [2.05, 4.69) is 0 Å². The molecule has 0 unspecified atom stereocenters. The molecule has 2 amide bonds. The molecular weight excluding hydrogens is 396 g/mol. The van der Waals surface area contributed by atoms with Crippen molar-refractivity contribution >= 4 is 34.7 Å². The number of imide groups is 1. The van der Waals surface area contributed by atoms with Crippen LogP contribution < -0.4 is 9.47 Å². The van der Waals surface area contributed by atoms with Gasteiger partial charge in [0.1, 0.15) is 12.4 Å². The van der Waals surface area contributed by atoms with Gasteiger partial charge in [0, 0.05) is 6.07 Å². The van der Waals surface area contributed by atoms with Gasteiger partial charge in [0.05, 0.1) is 23.5 Å². The van der Waals surface area contributed by atoms with Gasteiger partial charge in [0.25, 0.3) is 11.1 Å². The summed E-state index contributed by atoms with van der Waals surface area (Å²) in [6, 6.07) is 11.8. The molecule has 0 atom stereocenters. The number of thioether (sulfide) groups is 1. The number of carbonyl (C=O) groups excluding carboxylic acids is 2. The fraction of sp³-hybridized carbons (Fsp3) is 0.200. The van der Waals surface area contributed by atoms with Crippen LogP contribution in [0.1, 0.15) is 11.1 Å². The van der Waals surface area contributed by atoms with Crippen molar-refractivity contribution in [2.24, 2.45) is 0 Å². The maximum absolute atomic E-state index is 12.6. The zero-order valence-electron chi connectivity index (χ0n) is 15.8. The lowest BCUT2D eigenvalue weighted by Crippen LogP contribution is -2.32. The molecule has 8 nitrogen and oxygen atoms in total. The number of benzene rings is 2. The quantitative estimate of drug-likeness (QED) is 0.383. The Balaban J connectivity index is 1.69. The fourth-order valence-corrected chi connectivity index (χ4v) is 3.61. The Labute approximate surface area is 171 Å². The Morgan fingerprint density at radius 1 is 1.21 bits per heavy atom. The van der Waals surface area contributed by atoms with Gasteiger partial charge < -0.3 is 9.47 Å². The topological polar surface area (TPSA) is 99.0 Å². The number of amides is 2. The third-order valence-electron chi connectivity index (χ3n) is 4.14. The molecule has 1 saturated heterocycles. The van der Waals surface area contributed by atoms with Crippen LogP contribution in [-0.2, 0) is 4.79 Å². The molecule has 2 aromatic carbocycles. The van der Waals surface area contributed by atoms with E-state index in [-0.39, 0.29) is 29.5 Å². The van der Waals surface area contributed by atoms with E-state index in [0.717, 1.165) is 22.2 Å². The van der Waals surface area contributed by atoms with Gasteiger partial charge in [-0.2, -0.15) is 0 Å². The van der Waals surface area contributed by atoms with E-state index in [4.69, 9.17) is 9.47 Å². The first kappa shape index (κ1) is 20.4. The molecule has 9 heteroatoms. The van der Waals surface area contributed by atoms with E-state index in [1.54, 1.807) is 12.1 Å². The minimum atomic E-state index is -0.565. The van der Waals surface area contributed by atoms with Crippen molar-refractivity contribution in [3.63, 3.8) is 0 Å². The van der Waals surface area contributed by atoms with E-state index >= 15 is 0 Å². The third kappa shape index (κ3) is 4.75. The summed E-state index contributed by atoms with van der Waals surface area (Å²) in [6.07, 6.45) is 1.46. The van der Waals surface area contributed by atoms with Crippen LogP contribution in [0.2, 0.25) is 0 Å². The lowest BCUT2D eigenvalue weighted by atomic mass is 10.1. The molecule has 0 radical (unpaired) electrons. The van der Waals surface area contributed by atoms with Crippen molar-refractivity contribution in [2.75, 3.05) is 20.3 Å². The number of nitro groups is 1. The van der Waals surface area contributed by atoms with Crippen LogP contribution in [0.5, 0.6) is 11.5 Å². The van der Waals surface area contributed by atoms with Crippen LogP contribution in [0.15, 0.2) is 47.4 Å². The molecule has 1 aliphatic heterocycles. The number of nitrogens with zero attached hydrogens (tertiary/aromatic N) is 2. The van der Waals surface area contributed by atoms with Gasteiger partial charge >= 0.3 is 5.69 Å². The van der Waals surface area contributed by atoms with E-state index in [1.165, 1.54) is 25.3 Å². The summed E-state index contributed by atoms with van der Waals surface area (Å²) in [7, 11) is 1.34. The number of aryl methyl sites for hydroxylation is 1. The van der Waals surface area contributed by atoms with E-state index < -0.39 is 16.1 Å². The highest BCUT2D eigenvalue weighted by Gasteiger charge is 2.35. The average molecular weight is 414 g/mol. The van der Waals surface area contributed by atoms with Gasteiger partial charge in [0.2, 0.25) is 0 Å². The first-order chi connectivity index (χ1) is 13.9. The SMILES string of the molecule is COc1ccc(/C=C2\SC(=O)N(CCOc3cccc(C)c3)C2=O)cc1[N+](=O)[O-]. The molecule has 2 aromatic rings. The summed E-state index contributed by atoms with van der Waals surface area (Å²) in [5, 5.41) is 10.7. The number of methoxy groups -OCH3 is 1. The highest BCUT2D eigenvalue weighted by atomic mass is 32.2. The molecule has 0 bridgehead atoms. The van der Waals surface area contributed by atoms with Crippen LogP contribution in [0.3, 0.4) is 0 Å². The molecule has 29 heavy (non-hydrogen) atoms. The number of hydrogen-bond acceptors (Lipinski definition) is 7. The lowest BCUT2D eigenvalue weighted by molar-refractivity contribution is -0.385. The molecule has 0 aromatic heterocycles. The second-order valence-electron chi connectivity index (χ2n) is 6.19. The summed E-state index contributed by atoms with van der Waals surface area (Å²) in [5.74, 6) is 0.331. The van der Waals surface area contributed by atoms with E-state index in [0.29, 0.717) is 11.3 Å². The van der Waals surface area contributed by atoms with Crippen molar-refractivity contribution in [3.05, 3.63) is 68.6 Å². The van der Waals surface area contributed by atoms with Crippen LogP contribution in [0.4, 0.5) is 10.5 Å². The van der Waals surface area contributed by atoms with Gasteiger partial charge in [-0.3, -0.25) is 24.6 Å². The number of rotatable bonds is 7. The maximum Gasteiger partial charge on any atom is 0.311 e. The number of nitro benzene ring substituents is 1.